The Morgan fingerprint density at radius 2 is 2.00 bits per heavy atom. The van der Waals surface area contributed by atoms with Gasteiger partial charge in [-0.3, -0.25) is 19.8 Å². The first-order valence-corrected chi connectivity index (χ1v) is 10.2. The van der Waals surface area contributed by atoms with Gasteiger partial charge < -0.3 is 19.4 Å². The van der Waals surface area contributed by atoms with E-state index in [0.29, 0.717) is 44.1 Å². The van der Waals surface area contributed by atoms with E-state index in [1.54, 1.807) is 12.3 Å². The van der Waals surface area contributed by atoms with Crippen LogP contribution in [0.4, 0.5) is 11.4 Å². The van der Waals surface area contributed by atoms with Crippen LogP contribution < -0.4 is 10.2 Å². The second kappa shape index (κ2) is 10.2. The van der Waals surface area contributed by atoms with Crippen LogP contribution in [-0.4, -0.2) is 61.7 Å². The lowest BCUT2D eigenvalue weighted by Gasteiger charge is -2.31. The number of nitrogens with one attached hydrogen (secondary N) is 1. The second-order valence-corrected chi connectivity index (χ2v) is 7.02. The highest BCUT2D eigenvalue weighted by Gasteiger charge is 2.25. The van der Waals surface area contributed by atoms with Gasteiger partial charge in [-0.25, -0.2) is 0 Å². The lowest BCUT2D eigenvalue weighted by atomic mass is 10.1. The molecule has 0 aliphatic carbocycles. The first kappa shape index (κ1) is 21.8. The third kappa shape index (κ3) is 4.98. The molecule has 30 heavy (non-hydrogen) atoms. The minimum Gasteiger partial charge on any atom is -0.468 e. The number of carbonyl (C=O) groups is 1. The van der Waals surface area contributed by atoms with Crippen LogP contribution in [0, 0.1) is 10.1 Å². The van der Waals surface area contributed by atoms with Crippen LogP contribution in [0.5, 0.6) is 0 Å². The standard InChI is InChI=1S/C21H28N4O5/c1-3-23(4-2)19(20-6-5-11-30-20)15-22-21(26)17-14-16(25(27)28)7-8-18(17)24-9-12-29-13-10-24/h5-8,11,14,19H,3-4,9-10,12-13,15H2,1-2H3,(H,22,26). The van der Waals surface area contributed by atoms with E-state index < -0.39 is 4.92 Å². The summed E-state index contributed by atoms with van der Waals surface area (Å²) >= 11 is 0. The van der Waals surface area contributed by atoms with Crippen molar-refractivity contribution < 1.29 is 18.9 Å². The number of carbonyl (C=O) groups excluding carboxylic acids is 1. The lowest BCUT2D eigenvalue weighted by Crippen LogP contribution is -2.40. The number of nitrogens with zero attached hydrogens (tertiary/aromatic N) is 3. The minimum absolute atomic E-state index is 0.108. The summed E-state index contributed by atoms with van der Waals surface area (Å²) < 4.78 is 11.0. The van der Waals surface area contributed by atoms with Crippen molar-refractivity contribution in [3.63, 3.8) is 0 Å². The van der Waals surface area contributed by atoms with Gasteiger partial charge in [0.15, 0.2) is 0 Å². The molecule has 0 radical (unpaired) electrons. The zero-order valence-electron chi connectivity index (χ0n) is 17.4. The predicted molar refractivity (Wildman–Crippen MR) is 113 cm³/mol. The molecule has 1 aromatic carbocycles. The Labute approximate surface area is 175 Å². The number of amides is 1. The third-order valence-corrected chi connectivity index (χ3v) is 5.37. The van der Waals surface area contributed by atoms with E-state index in [2.05, 4.69) is 24.1 Å². The van der Waals surface area contributed by atoms with E-state index in [1.807, 2.05) is 17.0 Å². The predicted octanol–water partition coefficient (Wildman–Crippen LogP) is 2.84. The SMILES string of the molecule is CCN(CC)C(CNC(=O)c1cc([N+](=O)[O-])ccc1N1CCOCC1)c1ccco1. The molecule has 1 aliphatic rings. The summed E-state index contributed by atoms with van der Waals surface area (Å²) in [6.45, 7) is 8.41. The van der Waals surface area contributed by atoms with Gasteiger partial charge >= 0.3 is 0 Å². The first-order chi connectivity index (χ1) is 14.5. The molecule has 1 amide bonds. The molecule has 9 heteroatoms. The maximum Gasteiger partial charge on any atom is 0.270 e. The van der Waals surface area contributed by atoms with E-state index >= 15 is 0 Å². The summed E-state index contributed by atoms with van der Waals surface area (Å²) in [5.74, 6) is 0.426. The van der Waals surface area contributed by atoms with Gasteiger partial charge in [-0.05, 0) is 31.3 Å². The van der Waals surface area contributed by atoms with Crippen LogP contribution in [0.15, 0.2) is 41.0 Å². The molecule has 9 nitrogen and oxygen atoms in total. The van der Waals surface area contributed by atoms with E-state index in [4.69, 9.17) is 9.15 Å². The molecule has 1 fully saturated rings. The normalized spacial score (nSPS) is 15.2. The fourth-order valence-corrected chi connectivity index (χ4v) is 3.74. The van der Waals surface area contributed by atoms with Crippen molar-refractivity contribution in [2.45, 2.75) is 19.9 Å². The van der Waals surface area contributed by atoms with Crippen molar-refractivity contribution in [3.05, 3.63) is 58.0 Å². The molecule has 0 saturated carbocycles. The number of furan rings is 1. The topological polar surface area (TPSA) is 101 Å². The van der Waals surface area contributed by atoms with Crippen molar-refractivity contribution in [2.24, 2.45) is 0 Å². The largest absolute Gasteiger partial charge is 0.468 e. The van der Waals surface area contributed by atoms with Crippen molar-refractivity contribution in [1.82, 2.24) is 10.2 Å². The number of non-ortho nitro benzene ring substituents is 1. The lowest BCUT2D eigenvalue weighted by molar-refractivity contribution is -0.384. The van der Waals surface area contributed by atoms with Crippen molar-refractivity contribution in [1.29, 1.82) is 0 Å². The fraction of sp³-hybridized carbons (Fsp3) is 0.476. The highest BCUT2D eigenvalue weighted by molar-refractivity contribution is 6.00. The number of likely N-dealkylation sites (N-methyl/N-ethyl adjacent to an activating group) is 1. The molecular formula is C21H28N4O5. The smallest absolute Gasteiger partial charge is 0.270 e. The van der Waals surface area contributed by atoms with Crippen LogP contribution >= 0.6 is 0 Å². The second-order valence-electron chi connectivity index (χ2n) is 7.02. The summed E-state index contributed by atoms with van der Waals surface area (Å²) in [5, 5.41) is 14.2. The van der Waals surface area contributed by atoms with E-state index in [0.717, 1.165) is 18.8 Å². The third-order valence-electron chi connectivity index (χ3n) is 5.37. The van der Waals surface area contributed by atoms with Crippen LogP contribution in [0.3, 0.4) is 0 Å². The molecule has 1 aliphatic heterocycles. The van der Waals surface area contributed by atoms with Crippen LogP contribution in [0.1, 0.15) is 36.0 Å². The molecule has 2 heterocycles. The van der Waals surface area contributed by atoms with Gasteiger partial charge in [-0.2, -0.15) is 0 Å². The maximum atomic E-state index is 13.1. The summed E-state index contributed by atoms with van der Waals surface area (Å²) in [4.78, 5) is 28.1. The monoisotopic (exact) mass is 416 g/mol. The molecule has 1 unspecified atom stereocenters. The number of rotatable bonds is 9. The number of hydrogen-bond acceptors (Lipinski definition) is 7. The Hall–Kier alpha value is -2.91. The molecule has 162 valence electrons. The molecule has 1 N–H and O–H groups in total. The summed E-state index contributed by atoms with van der Waals surface area (Å²) in [6.07, 6.45) is 1.62. The Morgan fingerprint density at radius 3 is 2.60 bits per heavy atom. The van der Waals surface area contributed by atoms with E-state index in [-0.39, 0.29) is 17.6 Å². The van der Waals surface area contributed by atoms with Crippen molar-refractivity contribution >= 4 is 17.3 Å². The fourth-order valence-electron chi connectivity index (χ4n) is 3.74. The molecule has 0 bridgehead atoms. The molecular weight excluding hydrogens is 388 g/mol. The number of ether oxygens (including phenoxy) is 1. The summed E-state index contributed by atoms with van der Waals surface area (Å²) in [6, 6.07) is 8.02. The highest BCUT2D eigenvalue weighted by Crippen LogP contribution is 2.27. The van der Waals surface area contributed by atoms with Crippen molar-refractivity contribution in [3.8, 4) is 0 Å². The van der Waals surface area contributed by atoms with Gasteiger partial charge in [0, 0.05) is 31.8 Å². The average Bonchev–Trinajstić information content (AvgIpc) is 3.31. The summed E-state index contributed by atoms with van der Waals surface area (Å²) in [5.41, 5.74) is 0.867. The molecule has 2 aromatic rings. The molecule has 0 spiro atoms. The Kier molecular flexibility index (Phi) is 7.42. The zero-order chi connectivity index (χ0) is 21.5. The van der Waals surface area contributed by atoms with Gasteiger partial charge in [-0.1, -0.05) is 13.8 Å². The Morgan fingerprint density at radius 1 is 1.27 bits per heavy atom. The number of anilines is 1. The van der Waals surface area contributed by atoms with Crippen LogP contribution in [0.2, 0.25) is 0 Å². The molecule has 1 saturated heterocycles. The van der Waals surface area contributed by atoms with Crippen molar-refractivity contribution in [2.75, 3.05) is 50.8 Å². The molecule has 3 rings (SSSR count). The number of morpholine rings is 1. The average molecular weight is 416 g/mol. The van der Waals surface area contributed by atoms with E-state index in [1.165, 1.54) is 12.1 Å². The van der Waals surface area contributed by atoms with Crippen LogP contribution in [-0.2, 0) is 4.74 Å². The number of hydrogen-bond donors (Lipinski definition) is 1. The number of benzene rings is 1. The quantitative estimate of drug-likeness (QED) is 0.495. The number of nitro benzene ring substituents is 1. The van der Waals surface area contributed by atoms with Gasteiger partial charge in [0.2, 0.25) is 0 Å². The summed E-state index contributed by atoms with van der Waals surface area (Å²) in [7, 11) is 0. The van der Waals surface area contributed by atoms with E-state index in [9.17, 15) is 14.9 Å². The number of nitro groups is 1. The van der Waals surface area contributed by atoms with Gasteiger partial charge in [-0.15, -0.1) is 0 Å². The Bertz CT molecular complexity index is 845. The highest BCUT2D eigenvalue weighted by atomic mass is 16.6. The maximum absolute atomic E-state index is 13.1. The molecule has 1 aromatic heterocycles. The zero-order valence-corrected chi connectivity index (χ0v) is 17.4. The van der Waals surface area contributed by atoms with Gasteiger partial charge in [0.05, 0.1) is 41.7 Å². The Balaban J connectivity index is 1.83. The minimum atomic E-state index is -0.485. The van der Waals surface area contributed by atoms with Crippen LogP contribution in [0.25, 0.3) is 0 Å². The molecule has 1 atom stereocenters. The van der Waals surface area contributed by atoms with Gasteiger partial charge in [0.25, 0.3) is 11.6 Å². The first-order valence-electron chi connectivity index (χ1n) is 10.2. The van der Waals surface area contributed by atoms with Gasteiger partial charge in [0.1, 0.15) is 5.76 Å².